The summed E-state index contributed by atoms with van der Waals surface area (Å²) in [6.07, 6.45) is 5.60. The Morgan fingerprint density at radius 1 is 1.37 bits per heavy atom. The number of aromatic nitrogens is 3. The van der Waals surface area contributed by atoms with Gasteiger partial charge in [-0.2, -0.15) is 5.10 Å². The van der Waals surface area contributed by atoms with Crippen LogP contribution >= 0.6 is 0 Å². The first-order chi connectivity index (χ1) is 8.90. The molecule has 19 heavy (non-hydrogen) atoms. The zero-order chi connectivity index (χ0) is 14.0. The second-order valence-electron chi connectivity index (χ2n) is 5.76. The Labute approximate surface area is 114 Å². The van der Waals surface area contributed by atoms with Gasteiger partial charge in [0.2, 0.25) is 5.89 Å². The molecule has 0 aliphatic rings. The number of nitrogens with zero attached hydrogens (tertiary/aromatic N) is 3. The lowest BCUT2D eigenvalue weighted by Gasteiger charge is -2.14. The van der Waals surface area contributed by atoms with Crippen LogP contribution in [0.5, 0.6) is 0 Å². The van der Waals surface area contributed by atoms with E-state index in [1.165, 1.54) is 0 Å². The van der Waals surface area contributed by atoms with Crippen molar-refractivity contribution in [2.24, 2.45) is 0 Å². The fraction of sp³-hybridized carbons (Fsp3) is 0.571. The van der Waals surface area contributed by atoms with Crippen LogP contribution in [0.15, 0.2) is 23.0 Å². The summed E-state index contributed by atoms with van der Waals surface area (Å²) in [6, 6.07) is 0.0191. The van der Waals surface area contributed by atoms with E-state index in [9.17, 15) is 0 Å². The van der Waals surface area contributed by atoms with E-state index >= 15 is 0 Å². The Morgan fingerprint density at radius 2 is 2.11 bits per heavy atom. The molecule has 0 saturated carbocycles. The molecule has 2 aromatic rings. The smallest absolute Gasteiger partial charge is 0.216 e. The molecule has 0 saturated heterocycles. The van der Waals surface area contributed by atoms with E-state index in [2.05, 4.69) is 43.1 Å². The third-order valence-electron chi connectivity index (χ3n) is 2.97. The van der Waals surface area contributed by atoms with Crippen LogP contribution in [-0.4, -0.2) is 14.8 Å². The van der Waals surface area contributed by atoms with Gasteiger partial charge in [0.25, 0.3) is 0 Å². The number of aryl methyl sites for hydroxylation is 1. The van der Waals surface area contributed by atoms with E-state index < -0.39 is 0 Å². The van der Waals surface area contributed by atoms with Crippen LogP contribution in [0, 0.1) is 0 Å². The van der Waals surface area contributed by atoms with Crippen molar-refractivity contribution in [3.05, 3.63) is 30.2 Å². The highest BCUT2D eigenvalue weighted by molar-refractivity contribution is 5.39. The van der Waals surface area contributed by atoms with Crippen molar-refractivity contribution in [2.45, 2.75) is 52.6 Å². The van der Waals surface area contributed by atoms with E-state index in [0.29, 0.717) is 5.89 Å². The predicted molar refractivity (Wildman–Crippen MR) is 75.1 cm³/mol. The average molecular weight is 262 g/mol. The molecule has 0 aliphatic carbocycles. The van der Waals surface area contributed by atoms with Gasteiger partial charge in [-0.25, -0.2) is 4.98 Å². The van der Waals surface area contributed by atoms with Gasteiger partial charge in [-0.3, -0.25) is 4.68 Å². The van der Waals surface area contributed by atoms with Crippen molar-refractivity contribution in [3.8, 4) is 0 Å². The fourth-order valence-electron chi connectivity index (χ4n) is 1.76. The Bertz CT molecular complexity index is 536. The third-order valence-corrected chi connectivity index (χ3v) is 2.97. The van der Waals surface area contributed by atoms with Crippen molar-refractivity contribution in [2.75, 3.05) is 5.32 Å². The monoisotopic (exact) mass is 262 g/mol. The fourth-order valence-corrected chi connectivity index (χ4v) is 1.76. The molecule has 0 radical (unpaired) electrons. The number of anilines is 1. The maximum atomic E-state index is 5.81. The van der Waals surface area contributed by atoms with Crippen molar-refractivity contribution in [1.82, 2.24) is 14.8 Å². The molecular formula is C14H22N4O. The molecule has 0 fully saturated rings. The van der Waals surface area contributed by atoms with E-state index in [4.69, 9.17) is 4.42 Å². The second kappa shape index (κ2) is 5.07. The molecule has 2 rings (SSSR count). The summed E-state index contributed by atoms with van der Waals surface area (Å²) in [5, 5.41) is 7.57. The van der Waals surface area contributed by atoms with Crippen LogP contribution < -0.4 is 5.32 Å². The minimum Gasteiger partial charge on any atom is -0.443 e. The summed E-state index contributed by atoms with van der Waals surface area (Å²) >= 11 is 0. The van der Waals surface area contributed by atoms with Crippen LogP contribution in [-0.2, 0) is 12.0 Å². The molecular weight excluding hydrogens is 240 g/mol. The minimum absolute atomic E-state index is 0.0158. The lowest BCUT2D eigenvalue weighted by Crippen LogP contribution is -2.10. The lowest BCUT2D eigenvalue weighted by atomic mass is 9.94. The molecule has 5 nitrogen and oxygen atoms in total. The number of rotatable bonds is 4. The van der Waals surface area contributed by atoms with Crippen molar-refractivity contribution in [1.29, 1.82) is 0 Å². The first-order valence-corrected chi connectivity index (χ1v) is 6.65. The van der Waals surface area contributed by atoms with Crippen LogP contribution in [0.25, 0.3) is 0 Å². The van der Waals surface area contributed by atoms with Gasteiger partial charge >= 0.3 is 0 Å². The predicted octanol–water partition coefficient (Wildman–Crippen LogP) is 3.36. The van der Waals surface area contributed by atoms with Crippen LogP contribution in [0.3, 0.4) is 0 Å². The molecule has 5 heteroatoms. The molecule has 0 unspecified atom stereocenters. The van der Waals surface area contributed by atoms with Gasteiger partial charge in [-0.05, 0) is 13.8 Å². The van der Waals surface area contributed by atoms with E-state index in [1.54, 1.807) is 0 Å². The number of hydrogen-bond acceptors (Lipinski definition) is 4. The van der Waals surface area contributed by atoms with Crippen molar-refractivity contribution in [3.63, 3.8) is 0 Å². The van der Waals surface area contributed by atoms with E-state index in [-0.39, 0.29) is 11.5 Å². The van der Waals surface area contributed by atoms with Gasteiger partial charge in [0.15, 0.2) is 0 Å². The van der Waals surface area contributed by atoms with Gasteiger partial charge in [0.05, 0.1) is 18.1 Å². The van der Waals surface area contributed by atoms with Gasteiger partial charge in [-0.1, -0.05) is 20.8 Å². The molecule has 1 N–H and O–H groups in total. The molecule has 0 bridgehead atoms. The Hall–Kier alpha value is -1.78. The Kier molecular flexibility index (Phi) is 3.64. The maximum Gasteiger partial charge on any atom is 0.216 e. The number of nitrogens with one attached hydrogen (secondary N) is 1. The largest absolute Gasteiger partial charge is 0.443 e. The van der Waals surface area contributed by atoms with Gasteiger partial charge in [-0.15, -0.1) is 0 Å². The Morgan fingerprint density at radius 3 is 2.63 bits per heavy atom. The first kappa shape index (κ1) is 13.6. The van der Waals surface area contributed by atoms with Crippen LogP contribution in [0.4, 0.5) is 5.69 Å². The average Bonchev–Trinajstić information content (AvgIpc) is 2.96. The highest BCUT2D eigenvalue weighted by Crippen LogP contribution is 2.26. The lowest BCUT2D eigenvalue weighted by molar-refractivity contribution is 0.374. The molecule has 2 heterocycles. The molecule has 0 amide bonds. The maximum absolute atomic E-state index is 5.81. The molecule has 0 aromatic carbocycles. The highest BCUT2D eigenvalue weighted by Gasteiger charge is 2.21. The molecule has 0 aliphatic heterocycles. The SMILES string of the molecule is CCn1cc(N[C@H](C)c2ncc(C(C)(C)C)o2)cn1. The summed E-state index contributed by atoms with van der Waals surface area (Å²) in [6.45, 7) is 11.3. The quantitative estimate of drug-likeness (QED) is 0.918. The van der Waals surface area contributed by atoms with Gasteiger partial charge in [0, 0.05) is 18.2 Å². The van der Waals surface area contributed by atoms with Gasteiger partial charge in [0.1, 0.15) is 11.8 Å². The highest BCUT2D eigenvalue weighted by atomic mass is 16.4. The third kappa shape index (κ3) is 3.16. The summed E-state index contributed by atoms with van der Waals surface area (Å²) < 4.78 is 7.69. The van der Waals surface area contributed by atoms with E-state index in [1.807, 2.05) is 30.2 Å². The molecule has 104 valence electrons. The van der Waals surface area contributed by atoms with Crippen molar-refractivity contribution < 1.29 is 4.42 Å². The van der Waals surface area contributed by atoms with E-state index in [0.717, 1.165) is 18.0 Å². The second-order valence-corrected chi connectivity index (χ2v) is 5.76. The summed E-state index contributed by atoms with van der Waals surface area (Å²) in [5.41, 5.74) is 0.961. The minimum atomic E-state index is -0.0158. The van der Waals surface area contributed by atoms with Gasteiger partial charge < -0.3 is 9.73 Å². The Balaban J connectivity index is 2.07. The van der Waals surface area contributed by atoms with Crippen molar-refractivity contribution >= 4 is 5.69 Å². The number of hydrogen-bond donors (Lipinski definition) is 1. The zero-order valence-corrected chi connectivity index (χ0v) is 12.3. The van der Waals surface area contributed by atoms with Crippen LogP contribution in [0.1, 0.15) is 52.3 Å². The number of oxazole rings is 1. The topological polar surface area (TPSA) is 55.9 Å². The molecule has 1 atom stereocenters. The summed E-state index contributed by atoms with van der Waals surface area (Å²) in [7, 11) is 0. The zero-order valence-electron chi connectivity index (χ0n) is 12.3. The van der Waals surface area contributed by atoms with Crippen LogP contribution in [0.2, 0.25) is 0 Å². The first-order valence-electron chi connectivity index (χ1n) is 6.65. The normalized spacial score (nSPS) is 13.5. The summed E-state index contributed by atoms with van der Waals surface area (Å²) in [4.78, 5) is 4.35. The summed E-state index contributed by atoms with van der Waals surface area (Å²) in [5.74, 6) is 1.61. The molecule has 2 aromatic heterocycles. The molecule has 0 spiro atoms. The standard InChI is InChI=1S/C14H22N4O/c1-6-18-9-11(7-16-18)17-10(2)13-15-8-12(19-13)14(3,4)5/h7-10,17H,6H2,1-5H3/t10-/m1/s1.